The number of fused-ring (bicyclic) bond motifs is 2. The minimum atomic E-state index is -0.553. The van der Waals surface area contributed by atoms with Crippen molar-refractivity contribution in [1.29, 1.82) is 0 Å². The minimum absolute atomic E-state index is 0.553. The maximum Gasteiger partial charge on any atom is 0.203 e. The Labute approximate surface area is 160 Å². The molecule has 142 valence electrons. The molecule has 1 aromatic carbocycles. The molecule has 2 N–H and O–H groups in total. The molecule has 0 aromatic heterocycles. The first-order chi connectivity index (χ1) is 13.2. The molecule has 1 fully saturated rings. The lowest BCUT2D eigenvalue weighted by atomic mass is 9.96. The van der Waals surface area contributed by atoms with Gasteiger partial charge in [-0.05, 0) is 31.5 Å². The van der Waals surface area contributed by atoms with E-state index in [0.717, 1.165) is 59.6 Å². The Balaban J connectivity index is 1.88. The Bertz CT molecular complexity index is 979. The summed E-state index contributed by atoms with van der Waals surface area (Å²) >= 11 is 0. The molecule has 1 saturated heterocycles. The monoisotopic (exact) mass is 365 g/mol. The van der Waals surface area contributed by atoms with Gasteiger partial charge >= 0.3 is 0 Å². The number of nitrogens with one attached hydrogen (secondary N) is 1. The highest BCUT2D eigenvalue weighted by molar-refractivity contribution is 5.90. The topological polar surface area (TPSA) is 48.4 Å². The van der Waals surface area contributed by atoms with Crippen LogP contribution in [-0.2, 0) is 0 Å². The summed E-state index contributed by atoms with van der Waals surface area (Å²) in [6.45, 7) is 7.19. The van der Waals surface area contributed by atoms with Crippen LogP contribution in [0.3, 0.4) is 0 Å². The van der Waals surface area contributed by atoms with Gasteiger partial charge in [0.25, 0.3) is 0 Å². The van der Waals surface area contributed by atoms with Crippen molar-refractivity contribution in [2.45, 2.75) is 45.6 Å². The fraction of sp³-hybridized carbons (Fsp3) is 0.435. The molecule has 0 radical (unpaired) electrons. The molecule has 0 saturated carbocycles. The number of benzene rings is 2. The van der Waals surface area contributed by atoms with Gasteiger partial charge in [-0.3, -0.25) is 0 Å². The molecule has 0 bridgehead atoms. The van der Waals surface area contributed by atoms with Crippen molar-refractivity contribution < 1.29 is 9.52 Å². The van der Waals surface area contributed by atoms with Gasteiger partial charge in [-0.15, -0.1) is 0 Å². The minimum Gasteiger partial charge on any atom is -0.456 e. The second-order valence-corrected chi connectivity index (χ2v) is 7.56. The number of nitrogens with zero attached hydrogens (tertiary/aromatic N) is 1. The average Bonchev–Trinajstić information content (AvgIpc) is 3.20. The number of aliphatic hydroxyl groups is 1. The number of unbranched alkanes of at least 4 members (excludes halogenated alkanes) is 1. The van der Waals surface area contributed by atoms with Crippen LogP contribution in [0.2, 0.25) is 0 Å². The lowest BCUT2D eigenvalue weighted by molar-refractivity contribution is 0.201. The highest BCUT2D eigenvalue weighted by Gasteiger charge is 2.21. The van der Waals surface area contributed by atoms with Crippen LogP contribution >= 0.6 is 0 Å². The first-order valence-electron chi connectivity index (χ1n) is 10.2. The summed E-state index contributed by atoms with van der Waals surface area (Å²) in [6, 6.07) is 12.6. The molecule has 1 aliphatic carbocycles. The van der Waals surface area contributed by atoms with Crippen LogP contribution in [0.25, 0.3) is 22.3 Å². The standard InChI is InChI=1S/C23H28N2O2/c1-3-4-11-24-17-7-9-19-21(14-17)27-22-15-18(25-12-5-6-13-25)8-10-20(22)23(19)16(2)26/h7-10,14-16,26H,3-6,11-13H2,1-2H3/p+1. The van der Waals surface area contributed by atoms with Crippen molar-refractivity contribution >= 4 is 16.7 Å². The molecule has 3 aliphatic rings. The maximum absolute atomic E-state index is 10.5. The summed E-state index contributed by atoms with van der Waals surface area (Å²) in [6.07, 6.45) is 4.26. The molecular formula is C23H29N2O2+. The normalized spacial score (nSPS) is 15.6. The number of hydrogen-bond acceptors (Lipinski definition) is 3. The summed E-state index contributed by atoms with van der Waals surface area (Å²) in [4.78, 5) is 0. The molecule has 2 heterocycles. The first-order valence-corrected chi connectivity index (χ1v) is 10.2. The summed E-state index contributed by atoms with van der Waals surface area (Å²) in [7, 11) is 0. The lowest BCUT2D eigenvalue weighted by Gasteiger charge is -2.17. The highest BCUT2D eigenvalue weighted by Crippen LogP contribution is 2.37. The van der Waals surface area contributed by atoms with Gasteiger partial charge in [-0.25, -0.2) is 4.58 Å². The van der Waals surface area contributed by atoms with Crippen molar-refractivity contribution in [3.8, 4) is 11.3 Å². The van der Waals surface area contributed by atoms with E-state index < -0.39 is 6.10 Å². The Kier molecular flexibility index (Phi) is 5.17. The maximum atomic E-state index is 10.5. The van der Waals surface area contributed by atoms with Crippen LogP contribution in [0.1, 0.15) is 51.2 Å². The zero-order valence-corrected chi connectivity index (χ0v) is 16.3. The third-order valence-corrected chi connectivity index (χ3v) is 5.50. The number of hydrogen-bond donors (Lipinski definition) is 2. The Morgan fingerprint density at radius 1 is 1.15 bits per heavy atom. The Hall–Kier alpha value is -2.33. The van der Waals surface area contributed by atoms with E-state index in [9.17, 15) is 5.11 Å². The summed E-state index contributed by atoms with van der Waals surface area (Å²) in [5.74, 6) is 0.841. The average molecular weight is 365 g/mol. The largest absolute Gasteiger partial charge is 0.456 e. The van der Waals surface area contributed by atoms with Gasteiger partial charge in [-0.2, -0.15) is 0 Å². The number of anilines is 1. The van der Waals surface area contributed by atoms with Gasteiger partial charge in [0.1, 0.15) is 24.4 Å². The molecule has 4 nitrogen and oxygen atoms in total. The van der Waals surface area contributed by atoms with Crippen LogP contribution < -0.4 is 15.2 Å². The SMILES string of the molecule is CCCCNc1ccc2c(C(C)O)c3ccc(=[N+]4CCCC4)cc-3oc2c1. The third-order valence-electron chi connectivity index (χ3n) is 5.50. The van der Waals surface area contributed by atoms with Crippen LogP contribution in [0.15, 0.2) is 40.8 Å². The Morgan fingerprint density at radius 3 is 2.70 bits per heavy atom. The van der Waals surface area contributed by atoms with Gasteiger partial charge in [0.2, 0.25) is 5.36 Å². The highest BCUT2D eigenvalue weighted by atomic mass is 16.3. The van der Waals surface area contributed by atoms with E-state index in [-0.39, 0.29) is 0 Å². The van der Waals surface area contributed by atoms with Crippen molar-refractivity contribution in [3.63, 3.8) is 0 Å². The van der Waals surface area contributed by atoms with E-state index in [1.807, 2.05) is 6.92 Å². The molecule has 4 rings (SSSR count). The van der Waals surface area contributed by atoms with Crippen LogP contribution in [0, 0.1) is 0 Å². The van der Waals surface area contributed by atoms with E-state index in [1.54, 1.807) is 0 Å². The summed E-state index contributed by atoms with van der Waals surface area (Å²) < 4.78 is 8.71. The third kappa shape index (κ3) is 3.59. The quantitative estimate of drug-likeness (QED) is 0.401. The van der Waals surface area contributed by atoms with Crippen molar-refractivity contribution in [2.24, 2.45) is 0 Å². The molecule has 4 heteroatoms. The van der Waals surface area contributed by atoms with Gasteiger partial charge < -0.3 is 14.8 Å². The lowest BCUT2D eigenvalue weighted by Crippen LogP contribution is -2.26. The molecule has 1 atom stereocenters. The molecule has 2 aliphatic heterocycles. The smallest absolute Gasteiger partial charge is 0.203 e. The second kappa shape index (κ2) is 7.73. The van der Waals surface area contributed by atoms with E-state index in [0.29, 0.717) is 0 Å². The van der Waals surface area contributed by atoms with Gasteiger partial charge in [0.05, 0.1) is 12.2 Å². The summed E-state index contributed by atoms with van der Waals surface area (Å²) in [5.41, 5.74) is 3.82. The first kappa shape index (κ1) is 18.1. The zero-order valence-electron chi connectivity index (χ0n) is 16.3. The second-order valence-electron chi connectivity index (χ2n) is 7.56. The predicted octanol–water partition coefficient (Wildman–Crippen LogP) is 4.37. The number of rotatable bonds is 5. The van der Waals surface area contributed by atoms with Crippen molar-refractivity contribution in [3.05, 3.63) is 47.3 Å². The molecular weight excluding hydrogens is 336 g/mol. The van der Waals surface area contributed by atoms with Gasteiger partial charge in [-0.1, -0.05) is 13.3 Å². The Morgan fingerprint density at radius 2 is 1.96 bits per heavy atom. The van der Waals surface area contributed by atoms with E-state index in [2.05, 4.69) is 53.2 Å². The van der Waals surface area contributed by atoms with Crippen LogP contribution in [-0.4, -0.2) is 24.7 Å². The fourth-order valence-corrected chi connectivity index (χ4v) is 4.05. The summed E-state index contributed by atoms with van der Waals surface area (Å²) in [5, 5.41) is 16.1. The molecule has 1 aromatic rings. The van der Waals surface area contributed by atoms with Crippen molar-refractivity contribution in [2.75, 3.05) is 25.0 Å². The number of aliphatic hydroxyl groups excluding tert-OH is 1. The molecule has 1 unspecified atom stereocenters. The zero-order chi connectivity index (χ0) is 18.8. The fourth-order valence-electron chi connectivity index (χ4n) is 4.05. The molecule has 27 heavy (non-hydrogen) atoms. The van der Waals surface area contributed by atoms with Gasteiger partial charge in [0.15, 0.2) is 0 Å². The molecule has 0 spiro atoms. The van der Waals surface area contributed by atoms with E-state index >= 15 is 0 Å². The van der Waals surface area contributed by atoms with E-state index in [4.69, 9.17) is 4.42 Å². The van der Waals surface area contributed by atoms with Crippen molar-refractivity contribution in [1.82, 2.24) is 4.58 Å². The van der Waals surface area contributed by atoms with E-state index in [1.165, 1.54) is 24.6 Å². The van der Waals surface area contributed by atoms with Gasteiger partial charge in [0, 0.05) is 53.7 Å². The van der Waals surface area contributed by atoms with Crippen LogP contribution in [0.5, 0.6) is 0 Å². The van der Waals surface area contributed by atoms with Crippen LogP contribution in [0.4, 0.5) is 5.69 Å². The predicted molar refractivity (Wildman–Crippen MR) is 111 cm³/mol. The molecule has 0 amide bonds.